The summed E-state index contributed by atoms with van der Waals surface area (Å²) in [5.74, 6) is -0.780. The maximum Gasteiger partial charge on any atom is 0.330 e. The Morgan fingerprint density at radius 2 is 1.97 bits per heavy atom. The molecular weight excluding hydrogens is 514 g/mol. The van der Waals surface area contributed by atoms with Crippen molar-refractivity contribution in [1.29, 1.82) is 0 Å². The fourth-order valence-corrected chi connectivity index (χ4v) is 6.54. The van der Waals surface area contributed by atoms with Crippen LogP contribution in [0, 0.1) is 5.92 Å². The van der Waals surface area contributed by atoms with Crippen molar-refractivity contribution >= 4 is 23.0 Å². The first kappa shape index (κ1) is 29.6. The van der Waals surface area contributed by atoms with E-state index in [9.17, 15) is 14.7 Å². The number of rotatable bonds is 6. The van der Waals surface area contributed by atoms with Gasteiger partial charge in [0.25, 0.3) is 5.24 Å². The number of carbonyl (C=O) groups is 2. The van der Waals surface area contributed by atoms with Gasteiger partial charge >= 0.3 is 5.97 Å². The molecule has 5 atom stereocenters. The number of amides is 1. The third-order valence-corrected chi connectivity index (χ3v) is 8.57. The van der Waals surface area contributed by atoms with Crippen molar-refractivity contribution in [3.63, 3.8) is 0 Å². The van der Waals surface area contributed by atoms with Crippen LogP contribution >= 0.6 is 11.8 Å². The highest BCUT2D eigenvalue weighted by Crippen LogP contribution is 2.42. The molecule has 8 heteroatoms. The van der Waals surface area contributed by atoms with Gasteiger partial charge in [0.05, 0.1) is 18.8 Å². The van der Waals surface area contributed by atoms with Gasteiger partial charge in [0.2, 0.25) is 0 Å². The average Bonchev–Trinajstić information content (AvgIpc) is 3.30. The summed E-state index contributed by atoms with van der Waals surface area (Å²) in [5, 5.41) is 9.90. The number of ether oxygens (including phenoxy) is 3. The minimum Gasteiger partial charge on any atom is -0.459 e. The van der Waals surface area contributed by atoms with Crippen LogP contribution in [0.1, 0.15) is 57.9 Å². The molecule has 0 aromatic heterocycles. The van der Waals surface area contributed by atoms with Gasteiger partial charge in [-0.25, -0.2) is 4.79 Å². The van der Waals surface area contributed by atoms with Crippen molar-refractivity contribution in [3.05, 3.63) is 71.8 Å². The number of esters is 1. The Morgan fingerprint density at radius 1 is 1.15 bits per heavy atom. The summed E-state index contributed by atoms with van der Waals surface area (Å²) in [6, 6.07) is 9.57. The number of fused-ring (bicyclic) bond motifs is 2. The second kappa shape index (κ2) is 14.3. The molecule has 0 radical (unpaired) electrons. The molecule has 0 aliphatic carbocycles. The van der Waals surface area contributed by atoms with E-state index in [1.807, 2.05) is 37.3 Å². The number of allylic oxidation sites excluding steroid dienone is 5. The lowest BCUT2D eigenvalue weighted by atomic mass is 9.89. The van der Waals surface area contributed by atoms with Crippen molar-refractivity contribution in [2.75, 3.05) is 19.1 Å². The smallest absolute Gasteiger partial charge is 0.330 e. The van der Waals surface area contributed by atoms with E-state index in [1.165, 1.54) is 4.90 Å². The van der Waals surface area contributed by atoms with Crippen LogP contribution in [0.2, 0.25) is 0 Å². The topological polar surface area (TPSA) is 85.3 Å². The molecule has 3 heterocycles. The normalized spacial score (nSPS) is 33.7. The molecule has 0 spiro atoms. The van der Waals surface area contributed by atoms with Crippen LogP contribution < -0.4 is 0 Å². The number of benzene rings is 1. The van der Waals surface area contributed by atoms with Gasteiger partial charge in [-0.3, -0.25) is 4.79 Å². The van der Waals surface area contributed by atoms with Gasteiger partial charge in [-0.15, -0.1) is 0 Å². The molecule has 2 saturated heterocycles. The molecule has 2 bridgehead atoms. The number of hydrogen-bond donors (Lipinski definition) is 1. The molecule has 3 aliphatic rings. The van der Waals surface area contributed by atoms with Crippen LogP contribution in [0.3, 0.4) is 0 Å². The number of aliphatic hydroxyl groups is 1. The van der Waals surface area contributed by atoms with Crippen molar-refractivity contribution < 1.29 is 28.9 Å². The van der Waals surface area contributed by atoms with Crippen LogP contribution in [0.5, 0.6) is 0 Å². The van der Waals surface area contributed by atoms with E-state index in [4.69, 9.17) is 14.2 Å². The van der Waals surface area contributed by atoms with E-state index >= 15 is 0 Å². The summed E-state index contributed by atoms with van der Waals surface area (Å²) in [6.45, 7) is 4.08. The highest BCUT2D eigenvalue weighted by atomic mass is 32.2. The third-order valence-electron chi connectivity index (χ3n) is 7.60. The fourth-order valence-electron chi connectivity index (χ4n) is 5.46. The standard InChI is InChI=1S/C31H41NO6S/c1-23-10-6-3-4-7-11-24(2)18-29(34)37-27-19-26(15-14-23)38-31(20-27,28-21-39-30(35)32(28)22-33)36-17-16-25-12-8-5-9-13-25/h3-6,8-10,12-13,18,23,26-28,33H,7,11,14-17,19-22H2,1-2H3/b4-3+,10-6-,24-18-/t23-,26-,27-,28+,31-/m1/s1. The highest BCUT2D eigenvalue weighted by molar-refractivity contribution is 8.13. The summed E-state index contributed by atoms with van der Waals surface area (Å²) in [7, 11) is 0. The zero-order valence-corrected chi connectivity index (χ0v) is 23.8. The van der Waals surface area contributed by atoms with Gasteiger partial charge < -0.3 is 24.2 Å². The molecule has 7 nitrogen and oxygen atoms in total. The molecule has 3 aliphatic heterocycles. The first-order valence-electron chi connectivity index (χ1n) is 14.0. The molecule has 0 unspecified atom stereocenters. The maximum absolute atomic E-state index is 12.9. The van der Waals surface area contributed by atoms with Gasteiger partial charge in [0, 0.05) is 24.7 Å². The van der Waals surface area contributed by atoms with Crippen LogP contribution in [0.25, 0.3) is 0 Å². The number of thioether (sulfide) groups is 1. The Bertz CT molecular complexity index is 1060. The lowest BCUT2D eigenvalue weighted by molar-refractivity contribution is -0.316. The molecule has 2 fully saturated rings. The lowest BCUT2D eigenvalue weighted by Gasteiger charge is -2.48. The van der Waals surface area contributed by atoms with Crippen LogP contribution in [-0.4, -0.2) is 64.3 Å². The Kier molecular flexibility index (Phi) is 10.9. The second-order valence-electron chi connectivity index (χ2n) is 10.7. The fraction of sp³-hybridized carbons (Fsp3) is 0.548. The van der Waals surface area contributed by atoms with Crippen molar-refractivity contribution in [3.8, 4) is 0 Å². The van der Waals surface area contributed by atoms with E-state index < -0.39 is 24.7 Å². The minimum absolute atomic E-state index is 0.201. The van der Waals surface area contributed by atoms with E-state index in [2.05, 4.69) is 31.2 Å². The minimum atomic E-state index is -1.20. The Morgan fingerprint density at radius 3 is 2.77 bits per heavy atom. The summed E-state index contributed by atoms with van der Waals surface area (Å²) >= 11 is 1.16. The number of aliphatic hydroxyl groups excluding tert-OH is 1. The van der Waals surface area contributed by atoms with Gasteiger partial charge in [0.1, 0.15) is 12.8 Å². The highest BCUT2D eigenvalue weighted by Gasteiger charge is 2.54. The van der Waals surface area contributed by atoms with Gasteiger partial charge in [-0.05, 0) is 50.5 Å². The molecule has 39 heavy (non-hydrogen) atoms. The van der Waals surface area contributed by atoms with Crippen LogP contribution in [-0.2, 0) is 25.4 Å². The van der Waals surface area contributed by atoms with Gasteiger partial charge in [0.15, 0.2) is 5.79 Å². The van der Waals surface area contributed by atoms with E-state index in [1.54, 1.807) is 6.08 Å². The van der Waals surface area contributed by atoms with Gasteiger partial charge in [-0.2, -0.15) is 0 Å². The second-order valence-corrected chi connectivity index (χ2v) is 11.7. The van der Waals surface area contributed by atoms with Crippen molar-refractivity contribution in [2.45, 2.75) is 82.8 Å². The SMILES string of the molecule is C/C1=C/C(=O)O[C@@H]2C[C@@H](CC[C@H](C)/C=C\C=C\CC1)O[C@@](OCCc1ccccc1)([C@@H]1CSC(=O)N1CO)C2. The van der Waals surface area contributed by atoms with E-state index in [0.717, 1.165) is 48.6 Å². The largest absolute Gasteiger partial charge is 0.459 e. The van der Waals surface area contributed by atoms with Crippen LogP contribution in [0.4, 0.5) is 4.79 Å². The predicted molar refractivity (Wildman–Crippen MR) is 153 cm³/mol. The molecule has 4 rings (SSSR count). The Labute approximate surface area is 236 Å². The summed E-state index contributed by atoms with van der Waals surface area (Å²) in [4.78, 5) is 27.0. The molecule has 0 saturated carbocycles. The van der Waals surface area contributed by atoms with Crippen molar-refractivity contribution in [1.82, 2.24) is 4.90 Å². The Hall–Kier alpha value is -2.39. The summed E-state index contributed by atoms with van der Waals surface area (Å²) < 4.78 is 19.4. The number of hydrogen-bond acceptors (Lipinski definition) is 7. The van der Waals surface area contributed by atoms with Crippen LogP contribution in [0.15, 0.2) is 66.3 Å². The molecule has 1 amide bonds. The molecule has 212 valence electrons. The van der Waals surface area contributed by atoms with Crippen molar-refractivity contribution in [2.24, 2.45) is 5.92 Å². The molecule has 1 aromatic carbocycles. The summed E-state index contributed by atoms with van der Waals surface area (Å²) in [6.07, 6.45) is 14.2. The monoisotopic (exact) mass is 555 g/mol. The number of nitrogens with zero attached hydrogens (tertiary/aromatic N) is 1. The third kappa shape index (κ3) is 8.30. The lowest BCUT2D eigenvalue weighted by Crippen LogP contribution is -2.61. The van der Waals surface area contributed by atoms with Gasteiger partial charge in [-0.1, -0.05) is 78.9 Å². The zero-order chi connectivity index (χ0) is 27.7. The summed E-state index contributed by atoms with van der Waals surface area (Å²) in [5.41, 5.74) is 2.10. The van der Waals surface area contributed by atoms with E-state index in [0.29, 0.717) is 37.5 Å². The molecule has 1 N–H and O–H groups in total. The first-order valence-corrected chi connectivity index (χ1v) is 15.0. The predicted octanol–water partition coefficient (Wildman–Crippen LogP) is 5.79. The average molecular weight is 556 g/mol. The first-order chi connectivity index (χ1) is 18.9. The Balaban J connectivity index is 1.62. The number of carbonyl (C=O) groups excluding carboxylic acids is 2. The molecular formula is C31H41NO6S. The maximum atomic E-state index is 12.9. The quantitative estimate of drug-likeness (QED) is 0.445. The zero-order valence-electron chi connectivity index (χ0n) is 23.0. The molecule has 1 aromatic rings. The van der Waals surface area contributed by atoms with E-state index in [-0.39, 0.29) is 17.3 Å².